The van der Waals surface area contributed by atoms with E-state index in [0.29, 0.717) is 12.2 Å². The Morgan fingerprint density at radius 3 is 2.52 bits per heavy atom. The molecule has 0 aliphatic heterocycles. The molecular formula is C15H19F3O6S. The molecule has 1 atom stereocenters. The predicted molar refractivity (Wildman–Crippen MR) is 82.4 cm³/mol. The quantitative estimate of drug-likeness (QED) is 0.370. The minimum atomic E-state index is -5.89. The summed E-state index contributed by atoms with van der Waals surface area (Å²) in [4.78, 5) is 11.7. The summed E-state index contributed by atoms with van der Waals surface area (Å²) in [5.74, 6) is -0.545. The Balaban J connectivity index is 2.75. The largest absolute Gasteiger partial charge is 0.523 e. The van der Waals surface area contributed by atoms with Crippen molar-refractivity contribution < 1.29 is 40.0 Å². The van der Waals surface area contributed by atoms with Crippen LogP contribution in [-0.2, 0) is 30.3 Å². The van der Waals surface area contributed by atoms with Gasteiger partial charge in [0.15, 0.2) is 6.10 Å². The average Bonchev–Trinajstić information content (AvgIpc) is 2.53. The van der Waals surface area contributed by atoms with Gasteiger partial charge in [0.25, 0.3) is 0 Å². The molecule has 0 saturated heterocycles. The Bertz CT molecular complexity index is 672. The molecule has 1 unspecified atom stereocenters. The van der Waals surface area contributed by atoms with Crippen molar-refractivity contribution in [2.75, 3.05) is 13.7 Å². The van der Waals surface area contributed by atoms with Gasteiger partial charge in [0.05, 0.1) is 13.7 Å². The number of hydrogen-bond donors (Lipinski definition) is 0. The van der Waals surface area contributed by atoms with Gasteiger partial charge < -0.3 is 9.47 Å². The molecule has 0 radical (unpaired) electrons. The fraction of sp³-hybridized carbons (Fsp3) is 0.533. The van der Waals surface area contributed by atoms with Crippen molar-refractivity contribution in [3.05, 3.63) is 29.8 Å². The van der Waals surface area contributed by atoms with E-state index in [1.54, 1.807) is 24.3 Å². The van der Waals surface area contributed by atoms with E-state index in [1.165, 1.54) is 14.0 Å². The van der Waals surface area contributed by atoms with E-state index in [2.05, 4.69) is 8.92 Å². The van der Waals surface area contributed by atoms with Gasteiger partial charge in [-0.15, -0.1) is 0 Å². The zero-order valence-electron chi connectivity index (χ0n) is 13.7. The van der Waals surface area contributed by atoms with Gasteiger partial charge in [-0.1, -0.05) is 12.1 Å². The molecule has 0 aromatic heterocycles. The summed E-state index contributed by atoms with van der Waals surface area (Å²) >= 11 is 0. The number of aryl methyl sites for hydroxylation is 1. The molecular weight excluding hydrogens is 365 g/mol. The summed E-state index contributed by atoms with van der Waals surface area (Å²) in [5.41, 5.74) is -4.79. The van der Waals surface area contributed by atoms with Crippen LogP contribution in [0.15, 0.2) is 24.3 Å². The van der Waals surface area contributed by atoms with Crippen molar-refractivity contribution in [2.45, 2.75) is 37.8 Å². The highest BCUT2D eigenvalue weighted by atomic mass is 32.2. The number of ether oxygens (including phenoxy) is 2. The number of benzene rings is 1. The van der Waals surface area contributed by atoms with Crippen LogP contribution >= 0.6 is 0 Å². The Labute approximate surface area is 144 Å². The van der Waals surface area contributed by atoms with Gasteiger partial charge >= 0.3 is 21.6 Å². The highest BCUT2D eigenvalue weighted by Gasteiger charge is 2.49. The summed E-state index contributed by atoms with van der Waals surface area (Å²) in [7, 11) is -4.40. The maximum Gasteiger partial charge on any atom is 0.523 e. The number of halogens is 3. The first-order valence-corrected chi connectivity index (χ1v) is 8.80. The Morgan fingerprint density at radius 1 is 1.28 bits per heavy atom. The van der Waals surface area contributed by atoms with Crippen molar-refractivity contribution in [3.8, 4) is 5.75 Å². The molecule has 0 bridgehead atoms. The Hall–Kier alpha value is -1.81. The lowest BCUT2D eigenvalue weighted by atomic mass is 10.1. The van der Waals surface area contributed by atoms with Gasteiger partial charge in [0, 0.05) is 0 Å². The van der Waals surface area contributed by atoms with Crippen LogP contribution in [0.5, 0.6) is 5.75 Å². The molecule has 0 heterocycles. The summed E-state index contributed by atoms with van der Waals surface area (Å²) in [6.45, 7) is 1.34. The molecule has 0 N–H and O–H groups in total. The monoisotopic (exact) mass is 384 g/mol. The third-order valence-corrected chi connectivity index (χ3v) is 4.19. The van der Waals surface area contributed by atoms with Crippen molar-refractivity contribution in [1.82, 2.24) is 0 Å². The van der Waals surface area contributed by atoms with Crippen molar-refractivity contribution in [1.29, 1.82) is 0 Å². The van der Waals surface area contributed by atoms with E-state index in [1.807, 2.05) is 0 Å². The van der Waals surface area contributed by atoms with Crippen molar-refractivity contribution >= 4 is 16.1 Å². The summed E-state index contributed by atoms with van der Waals surface area (Å²) < 4.78 is 73.2. The lowest BCUT2D eigenvalue weighted by Gasteiger charge is -2.17. The first-order valence-electron chi connectivity index (χ1n) is 7.40. The molecule has 25 heavy (non-hydrogen) atoms. The van der Waals surface area contributed by atoms with E-state index in [-0.39, 0.29) is 19.4 Å². The van der Waals surface area contributed by atoms with Gasteiger partial charge in [-0.2, -0.15) is 21.6 Å². The highest BCUT2D eigenvalue weighted by molar-refractivity contribution is 7.87. The van der Waals surface area contributed by atoms with E-state index in [0.717, 1.165) is 5.56 Å². The molecule has 0 aliphatic carbocycles. The lowest BCUT2D eigenvalue weighted by molar-refractivity contribution is -0.152. The van der Waals surface area contributed by atoms with Crippen LogP contribution in [0.2, 0.25) is 0 Å². The number of methoxy groups -OCH3 is 1. The maximum absolute atomic E-state index is 12.4. The van der Waals surface area contributed by atoms with E-state index in [9.17, 15) is 26.4 Å². The molecule has 0 spiro atoms. The topological polar surface area (TPSA) is 78.9 Å². The van der Waals surface area contributed by atoms with Crippen molar-refractivity contribution in [2.24, 2.45) is 0 Å². The van der Waals surface area contributed by atoms with Crippen LogP contribution < -0.4 is 4.74 Å². The minimum absolute atomic E-state index is 0.110. The third-order valence-electron chi connectivity index (χ3n) is 3.14. The molecule has 10 heteroatoms. The number of alkyl halides is 3. The summed E-state index contributed by atoms with van der Waals surface area (Å²) in [5, 5.41) is 0. The molecule has 0 saturated carbocycles. The van der Waals surface area contributed by atoms with Crippen LogP contribution in [-0.4, -0.2) is 39.7 Å². The predicted octanol–water partition coefficient (Wildman–Crippen LogP) is 2.82. The molecule has 1 aromatic carbocycles. The smallest absolute Gasteiger partial charge is 0.497 e. The van der Waals surface area contributed by atoms with Crippen LogP contribution in [0.1, 0.15) is 25.3 Å². The first-order chi connectivity index (χ1) is 11.6. The van der Waals surface area contributed by atoms with E-state index >= 15 is 0 Å². The molecule has 1 aromatic rings. The number of carbonyl (C=O) groups excluding carboxylic acids is 1. The molecule has 6 nitrogen and oxygen atoms in total. The summed E-state index contributed by atoms with van der Waals surface area (Å²) in [6.07, 6.45) is -1.49. The van der Waals surface area contributed by atoms with Crippen molar-refractivity contribution in [3.63, 3.8) is 0 Å². The minimum Gasteiger partial charge on any atom is -0.497 e. The zero-order valence-corrected chi connectivity index (χ0v) is 14.5. The third kappa shape index (κ3) is 6.54. The van der Waals surface area contributed by atoms with Crippen LogP contribution in [0.25, 0.3) is 0 Å². The van der Waals surface area contributed by atoms with Gasteiger partial charge in [-0.3, -0.25) is 0 Å². The fourth-order valence-electron chi connectivity index (χ4n) is 1.97. The van der Waals surface area contributed by atoms with Crippen LogP contribution in [0, 0.1) is 0 Å². The average molecular weight is 384 g/mol. The second-order valence-corrected chi connectivity index (χ2v) is 6.54. The molecule has 0 aliphatic rings. The van der Waals surface area contributed by atoms with Gasteiger partial charge in [-0.25, -0.2) is 8.98 Å². The first kappa shape index (κ1) is 21.2. The Kier molecular flexibility index (Phi) is 7.68. The molecule has 142 valence electrons. The normalized spacial score (nSPS) is 13.3. The number of esters is 1. The van der Waals surface area contributed by atoms with Crippen LogP contribution in [0.4, 0.5) is 13.2 Å². The zero-order chi connectivity index (χ0) is 19.1. The highest BCUT2D eigenvalue weighted by Crippen LogP contribution is 2.27. The van der Waals surface area contributed by atoms with E-state index in [4.69, 9.17) is 4.74 Å². The summed E-state index contributed by atoms with van der Waals surface area (Å²) in [6, 6.07) is 6.97. The molecule has 0 amide bonds. The van der Waals surface area contributed by atoms with Gasteiger partial charge in [0.2, 0.25) is 0 Å². The second kappa shape index (κ2) is 9.04. The fourth-order valence-corrected chi connectivity index (χ4v) is 2.56. The van der Waals surface area contributed by atoms with Crippen LogP contribution in [0.3, 0.4) is 0 Å². The lowest BCUT2D eigenvalue weighted by Crippen LogP contribution is -2.35. The number of rotatable bonds is 9. The SMILES string of the molecule is CCOC(=O)C(CCCc1cccc(OC)c1)OS(=O)(=O)C(F)(F)F. The molecule has 1 rings (SSSR count). The van der Waals surface area contributed by atoms with Gasteiger partial charge in [-0.05, 0) is 43.9 Å². The maximum atomic E-state index is 12.4. The number of hydrogen-bond acceptors (Lipinski definition) is 6. The standard InChI is InChI=1S/C15H19F3O6S/c1-3-23-14(19)13(24-25(20,21)15(16,17)18)9-5-7-11-6-4-8-12(10-11)22-2/h4,6,8,10,13H,3,5,7,9H2,1-2H3. The molecule has 0 fully saturated rings. The Morgan fingerprint density at radius 2 is 1.96 bits per heavy atom. The van der Waals surface area contributed by atoms with E-state index < -0.39 is 27.7 Å². The second-order valence-electron chi connectivity index (χ2n) is 4.98. The number of carbonyl (C=O) groups is 1. The van der Waals surface area contributed by atoms with Gasteiger partial charge in [0.1, 0.15) is 5.75 Å².